The molecule has 2 heterocycles. The third kappa shape index (κ3) is 2.91. The van der Waals surface area contributed by atoms with Crippen LogP contribution in [-0.2, 0) is 15.0 Å². The van der Waals surface area contributed by atoms with Gasteiger partial charge in [0.15, 0.2) is 0 Å². The van der Waals surface area contributed by atoms with E-state index in [4.69, 9.17) is 11.6 Å². The fraction of sp³-hybridized carbons (Fsp3) is 0.556. The van der Waals surface area contributed by atoms with Crippen LogP contribution >= 0.6 is 11.6 Å². The van der Waals surface area contributed by atoms with Gasteiger partial charge in [-0.3, -0.25) is 9.59 Å². The molecule has 0 atom stereocenters. The number of hydrogen-bond acceptors (Lipinski definition) is 3. The van der Waals surface area contributed by atoms with Crippen molar-refractivity contribution in [1.29, 1.82) is 0 Å². The van der Waals surface area contributed by atoms with Gasteiger partial charge in [-0.2, -0.15) is 0 Å². The van der Waals surface area contributed by atoms with E-state index in [1.165, 1.54) is 0 Å². The summed E-state index contributed by atoms with van der Waals surface area (Å²) in [5.41, 5.74) is 1.04. The highest BCUT2D eigenvalue weighted by Crippen LogP contribution is 2.42. The summed E-state index contributed by atoms with van der Waals surface area (Å²) in [5, 5.41) is 0.610. The van der Waals surface area contributed by atoms with Gasteiger partial charge in [0.25, 0.3) is 0 Å². The molecule has 24 heavy (non-hydrogen) atoms. The molecule has 0 spiro atoms. The minimum absolute atomic E-state index is 0.0118. The first kappa shape index (κ1) is 17.2. The van der Waals surface area contributed by atoms with Gasteiger partial charge in [-0.25, -0.2) is 0 Å². The fourth-order valence-corrected chi connectivity index (χ4v) is 3.68. The number of halogens is 1. The molecular weight excluding hydrogens is 326 g/mol. The maximum absolute atomic E-state index is 12.8. The van der Waals surface area contributed by atoms with E-state index in [1.807, 2.05) is 30.9 Å². The summed E-state index contributed by atoms with van der Waals surface area (Å²) in [5.74, 6) is -0.0296. The highest BCUT2D eigenvalue weighted by Gasteiger charge is 2.44. The summed E-state index contributed by atoms with van der Waals surface area (Å²) >= 11 is 6.09. The molecule has 0 unspecified atom stereocenters. The average Bonchev–Trinajstić information content (AvgIpc) is 2.76. The predicted molar refractivity (Wildman–Crippen MR) is 95.5 cm³/mol. The van der Waals surface area contributed by atoms with Crippen molar-refractivity contribution >= 4 is 29.1 Å². The van der Waals surface area contributed by atoms with Crippen molar-refractivity contribution in [3.05, 3.63) is 28.8 Å². The quantitative estimate of drug-likeness (QED) is 0.839. The zero-order valence-electron chi connectivity index (χ0n) is 14.5. The summed E-state index contributed by atoms with van der Waals surface area (Å²) in [6, 6.07) is 5.44. The Hall–Kier alpha value is -1.59. The largest absolute Gasteiger partial charge is 0.339 e. The van der Waals surface area contributed by atoms with E-state index in [2.05, 4.69) is 11.8 Å². The first-order valence-corrected chi connectivity index (χ1v) is 8.84. The Morgan fingerprint density at radius 2 is 1.88 bits per heavy atom. The SMILES string of the molecule is CCN1CCN(C(=O)CN2C(=O)C(C)(C)c3cc(Cl)ccc32)CC1. The topological polar surface area (TPSA) is 43.9 Å². The molecule has 2 amide bonds. The van der Waals surface area contributed by atoms with Crippen LogP contribution in [0.1, 0.15) is 26.3 Å². The number of piperazine rings is 1. The molecule has 1 saturated heterocycles. The molecule has 0 aromatic heterocycles. The van der Waals surface area contributed by atoms with Crippen molar-refractivity contribution in [3.8, 4) is 0 Å². The van der Waals surface area contributed by atoms with Crippen molar-refractivity contribution in [1.82, 2.24) is 9.80 Å². The maximum Gasteiger partial charge on any atom is 0.242 e. The molecule has 1 aromatic rings. The van der Waals surface area contributed by atoms with Gasteiger partial charge in [0.2, 0.25) is 11.8 Å². The molecule has 1 fully saturated rings. The van der Waals surface area contributed by atoms with Crippen LogP contribution in [0.5, 0.6) is 0 Å². The Balaban J connectivity index is 1.76. The molecule has 0 aliphatic carbocycles. The Morgan fingerprint density at radius 3 is 2.50 bits per heavy atom. The van der Waals surface area contributed by atoms with Crippen LogP contribution in [-0.4, -0.2) is 60.9 Å². The number of likely N-dealkylation sites (N-methyl/N-ethyl adjacent to an activating group) is 1. The van der Waals surface area contributed by atoms with Crippen LogP contribution in [0.2, 0.25) is 5.02 Å². The number of carbonyl (C=O) groups is 2. The lowest BCUT2D eigenvalue weighted by atomic mass is 9.86. The molecule has 0 saturated carbocycles. The molecule has 0 N–H and O–H groups in total. The molecule has 5 nitrogen and oxygen atoms in total. The summed E-state index contributed by atoms with van der Waals surface area (Å²) in [7, 11) is 0. The number of nitrogens with zero attached hydrogens (tertiary/aromatic N) is 3. The molecular formula is C18H24ClN3O2. The van der Waals surface area contributed by atoms with Crippen LogP contribution in [0.25, 0.3) is 0 Å². The monoisotopic (exact) mass is 349 g/mol. The number of amides is 2. The second kappa shape index (κ2) is 6.37. The van der Waals surface area contributed by atoms with Crippen LogP contribution < -0.4 is 4.90 Å². The Kier molecular flexibility index (Phi) is 4.58. The van der Waals surface area contributed by atoms with Gasteiger partial charge in [-0.05, 0) is 44.2 Å². The molecule has 2 aliphatic heterocycles. The zero-order chi connectivity index (χ0) is 17.5. The van der Waals surface area contributed by atoms with E-state index < -0.39 is 5.41 Å². The van der Waals surface area contributed by atoms with E-state index in [9.17, 15) is 9.59 Å². The summed E-state index contributed by atoms with van der Waals surface area (Å²) in [6.07, 6.45) is 0. The van der Waals surface area contributed by atoms with Gasteiger partial charge in [-0.1, -0.05) is 18.5 Å². The molecule has 0 radical (unpaired) electrons. The Bertz CT molecular complexity index is 666. The van der Waals surface area contributed by atoms with Crippen molar-refractivity contribution in [2.24, 2.45) is 0 Å². The van der Waals surface area contributed by atoms with Crippen molar-refractivity contribution < 1.29 is 9.59 Å². The van der Waals surface area contributed by atoms with E-state index in [0.717, 1.165) is 44.0 Å². The molecule has 6 heteroatoms. The van der Waals surface area contributed by atoms with Crippen molar-refractivity contribution in [3.63, 3.8) is 0 Å². The van der Waals surface area contributed by atoms with Crippen molar-refractivity contribution in [2.75, 3.05) is 44.2 Å². The van der Waals surface area contributed by atoms with Gasteiger partial charge in [-0.15, -0.1) is 0 Å². The van der Waals surface area contributed by atoms with E-state index >= 15 is 0 Å². The summed E-state index contributed by atoms with van der Waals surface area (Å²) in [4.78, 5) is 31.3. The van der Waals surface area contributed by atoms with Crippen LogP contribution in [0.4, 0.5) is 5.69 Å². The Labute approximate surface area is 148 Å². The zero-order valence-corrected chi connectivity index (χ0v) is 15.3. The number of rotatable bonds is 3. The molecule has 130 valence electrons. The number of benzene rings is 1. The average molecular weight is 350 g/mol. The van der Waals surface area contributed by atoms with E-state index in [0.29, 0.717) is 5.02 Å². The first-order valence-electron chi connectivity index (χ1n) is 8.46. The lowest BCUT2D eigenvalue weighted by Gasteiger charge is -2.35. The molecule has 1 aromatic carbocycles. The minimum Gasteiger partial charge on any atom is -0.339 e. The Morgan fingerprint density at radius 1 is 1.21 bits per heavy atom. The highest BCUT2D eigenvalue weighted by molar-refractivity contribution is 6.31. The van der Waals surface area contributed by atoms with Gasteiger partial charge in [0.1, 0.15) is 6.54 Å². The lowest BCUT2D eigenvalue weighted by Crippen LogP contribution is -2.52. The van der Waals surface area contributed by atoms with E-state index in [1.54, 1.807) is 11.0 Å². The third-order valence-corrected chi connectivity index (χ3v) is 5.40. The number of hydrogen-bond donors (Lipinski definition) is 0. The molecule has 3 rings (SSSR count). The molecule has 0 bridgehead atoms. The van der Waals surface area contributed by atoms with Gasteiger partial charge >= 0.3 is 0 Å². The second-order valence-corrected chi connectivity index (χ2v) is 7.43. The smallest absolute Gasteiger partial charge is 0.242 e. The lowest BCUT2D eigenvalue weighted by molar-refractivity contribution is -0.133. The second-order valence-electron chi connectivity index (χ2n) is 6.99. The first-order chi connectivity index (χ1) is 11.3. The van der Waals surface area contributed by atoms with Gasteiger partial charge in [0.05, 0.1) is 5.41 Å². The predicted octanol–water partition coefficient (Wildman–Crippen LogP) is 2.13. The maximum atomic E-state index is 12.8. The minimum atomic E-state index is -0.651. The van der Waals surface area contributed by atoms with Crippen LogP contribution in [0.3, 0.4) is 0 Å². The fourth-order valence-electron chi connectivity index (χ4n) is 3.51. The van der Waals surface area contributed by atoms with Gasteiger partial charge < -0.3 is 14.7 Å². The standard InChI is InChI=1S/C18H24ClN3O2/c1-4-20-7-9-21(10-8-20)16(23)12-22-15-6-5-13(19)11-14(15)18(2,3)17(22)24/h5-6,11H,4,7-10,12H2,1-3H3. The molecule has 2 aliphatic rings. The summed E-state index contributed by atoms with van der Waals surface area (Å²) < 4.78 is 0. The normalized spacial score (nSPS) is 20.4. The van der Waals surface area contributed by atoms with Crippen molar-refractivity contribution in [2.45, 2.75) is 26.2 Å². The van der Waals surface area contributed by atoms with Crippen LogP contribution in [0, 0.1) is 0 Å². The number of carbonyl (C=O) groups excluding carboxylic acids is 2. The summed E-state index contributed by atoms with van der Waals surface area (Å²) in [6.45, 7) is 10.3. The number of fused-ring (bicyclic) bond motifs is 1. The van der Waals surface area contributed by atoms with E-state index in [-0.39, 0.29) is 18.4 Å². The van der Waals surface area contributed by atoms with Gasteiger partial charge in [0, 0.05) is 36.9 Å². The third-order valence-electron chi connectivity index (χ3n) is 5.17. The number of anilines is 1. The van der Waals surface area contributed by atoms with Crippen LogP contribution in [0.15, 0.2) is 18.2 Å². The highest BCUT2D eigenvalue weighted by atomic mass is 35.5.